The van der Waals surface area contributed by atoms with Crippen molar-refractivity contribution in [2.75, 3.05) is 0 Å². The van der Waals surface area contributed by atoms with Crippen LogP contribution >= 0.6 is 45.3 Å². The van der Waals surface area contributed by atoms with Crippen molar-refractivity contribution in [1.29, 1.82) is 0 Å². The Kier molecular flexibility index (Phi) is 11.8. The Bertz CT molecular complexity index is 1260. The summed E-state index contributed by atoms with van der Waals surface area (Å²) in [5, 5.41) is 0. The van der Waals surface area contributed by atoms with Crippen LogP contribution in [-0.4, -0.2) is 8.07 Å². The van der Waals surface area contributed by atoms with Gasteiger partial charge in [0, 0.05) is 28.6 Å². The molecule has 4 rings (SSSR count). The standard InChI is InChI=1S/C17H24S2Si.C14H16S2/c1-5-6-7-8-9-14-12-16-17(18-14)13-15(19-16)10-11-20(2,3)4;1-3-5-6-7-8-12-10-14-13(16-12)9-11(4-2)15-14/h12-13H,5-9H2,1-4H3;2,9-10H,3,5-8H2,1H3. The summed E-state index contributed by atoms with van der Waals surface area (Å²) >= 11 is 7.47. The fourth-order valence-corrected chi connectivity index (χ4v) is 9.04. The third-order valence-corrected chi connectivity index (χ3v) is 11.2. The molecule has 0 saturated carbocycles. The summed E-state index contributed by atoms with van der Waals surface area (Å²) in [6.07, 6.45) is 18.6. The Balaban J connectivity index is 0.000000205. The monoisotopic (exact) mass is 568 g/mol. The number of terminal acetylenes is 1. The topological polar surface area (TPSA) is 0 Å². The molecule has 0 spiro atoms. The molecule has 4 aromatic heterocycles. The second kappa shape index (κ2) is 14.6. The summed E-state index contributed by atoms with van der Waals surface area (Å²) in [5.41, 5.74) is 3.46. The minimum Gasteiger partial charge on any atom is -0.139 e. The van der Waals surface area contributed by atoms with Crippen LogP contribution in [0.4, 0.5) is 0 Å². The highest BCUT2D eigenvalue weighted by molar-refractivity contribution is 7.28. The molecule has 0 amide bonds. The van der Waals surface area contributed by atoms with Gasteiger partial charge in [-0.3, -0.25) is 0 Å². The van der Waals surface area contributed by atoms with Crippen molar-refractivity contribution in [2.24, 2.45) is 0 Å². The third-order valence-electron chi connectivity index (χ3n) is 5.77. The lowest BCUT2D eigenvalue weighted by Crippen LogP contribution is -2.16. The highest BCUT2D eigenvalue weighted by Gasteiger charge is 2.09. The molecule has 0 saturated heterocycles. The van der Waals surface area contributed by atoms with Gasteiger partial charge in [0.2, 0.25) is 0 Å². The molecule has 0 aliphatic rings. The van der Waals surface area contributed by atoms with Crippen molar-refractivity contribution in [3.8, 4) is 23.8 Å². The van der Waals surface area contributed by atoms with Gasteiger partial charge >= 0.3 is 0 Å². The van der Waals surface area contributed by atoms with E-state index in [-0.39, 0.29) is 0 Å². The van der Waals surface area contributed by atoms with Gasteiger partial charge in [-0.15, -0.1) is 57.3 Å². The van der Waals surface area contributed by atoms with Gasteiger partial charge in [0.15, 0.2) is 0 Å². The van der Waals surface area contributed by atoms with E-state index in [1.54, 1.807) is 16.2 Å². The number of unbranched alkanes of at least 4 members (excludes halogenated alkanes) is 6. The first kappa shape index (κ1) is 29.2. The second-order valence-corrected chi connectivity index (χ2v) is 19.6. The number of fused-ring (bicyclic) bond motifs is 2. The number of thiophene rings is 4. The molecular weight excluding hydrogens is 529 g/mol. The zero-order valence-corrected chi connectivity index (χ0v) is 26.9. The first-order chi connectivity index (χ1) is 17.3. The molecule has 192 valence electrons. The fourth-order valence-electron chi connectivity index (χ4n) is 3.85. The normalized spacial score (nSPS) is 11.2. The van der Waals surface area contributed by atoms with E-state index < -0.39 is 8.07 Å². The first-order valence-corrected chi connectivity index (χ1v) is 20.1. The van der Waals surface area contributed by atoms with Crippen LogP contribution in [0.2, 0.25) is 19.6 Å². The summed E-state index contributed by atoms with van der Waals surface area (Å²) < 4.78 is 5.59. The minimum atomic E-state index is -1.26. The minimum absolute atomic E-state index is 1.05. The average molecular weight is 569 g/mol. The maximum atomic E-state index is 5.39. The van der Waals surface area contributed by atoms with Crippen molar-refractivity contribution in [3.05, 3.63) is 43.8 Å². The lowest BCUT2D eigenvalue weighted by Gasteiger charge is -2.02. The van der Waals surface area contributed by atoms with E-state index in [9.17, 15) is 0 Å². The van der Waals surface area contributed by atoms with Crippen LogP contribution < -0.4 is 0 Å². The molecule has 0 N–H and O–H groups in total. The molecule has 0 bridgehead atoms. The van der Waals surface area contributed by atoms with E-state index in [0.29, 0.717) is 0 Å². The van der Waals surface area contributed by atoms with Crippen LogP contribution in [0.15, 0.2) is 24.3 Å². The molecule has 4 heterocycles. The van der Waals surface area contributed by atoms with Crippen LogP contribution in [0.5, 0.6) is 0 Å². The summed E-state index contributed by atoms with van der Waals surface area (Å²) in [6.45, 7) is 11.4. The van der Waals surface area contributed by atoms with Crippen molar-refractivity contribution < 1.29 is 0 Å². The number of hydrogen-bond acceptors (Lipinski definition) is 4. The molecule has 5 heteroatoms. The van der Waals surface area contributed by atoms with E-state index in [1.165, 1.54) is 92.8 Å². The average Bonchev–Trinajstić information content (AvgIpc) is 3.57. The van der Waals surface area contributed by atoms with Crippen LogP contribution in [0, 0.1) is 23.8 Å². The van der Waals surface area contributed by atoms with Crippen molar-refractivity contribution in [2.45, 2.75) is 97.7 Å². The molecular formula is C31H40S4Si. The van der Waals surface area contributed by atoms with Crippen LogP contribution in [-0.2, 0) is 12.8 Å². The highest BCUT2D eigenvalue weighted by Crippen LogP contribution is 2.34. The first-order valence-electron chi connectivity index (χ1n) is 13.4. The third kappa shape index (κ3) is 9.51. The van der Waals surface area contributed by atoms with Gasteiger partial charge in [0.1, 0.15) is 8.07 Å². The van der Waals surface area contributed by atoms with E-state index in [4.69, 9.17) is 6.42 Å². The van der Waals surface area contributed by atoms with Crippen LogP contribution in [0.3, 0.4) is 0 Å². The summed E-state index contributed by atoms with van der Waals surface area (Å²) in [7, 11) is -1.26. The van der Waals surface area contributed by atoms with Crippen LogP contribution in [0.1, 0.15) is 84.7 Å². The van der Waals surface area contributed by atoms with Gasteiger partial charge < -0.3 is 0 Å². The largest absolute Gasteiger partial charge is 0.139 e. The quantitative estimate of drug-likeness (QED) is 0.101. The molecule has 0 unspecified atom stereocenters. The lowest BCUT2D eigenvalue weighted by atomic mass is 10.1. The van der Waals surface area contributed by atoms with Crippen molar-refractivity contribution in [1.82, 2.24) is 0 Å². The van der Waals surface area contributed by atoms with Gasteiger partial charge in [-0.1, -0.05) is 83.9 Å². The molecule has 4 aromatic rings. The Morgan fingerprint density at radius 1 is 0.639 bits per heavy atom. The van der Waals surface area contributed by atoms with Gasteiger partial charge in [0.05, 0.1) is 9.75 Å². The Morgan fingerprint density at radius 2 is 1.11 bits per heavy atom. The lowest BCUT2D eigenvalue weighted by molar-refractivity contribution is 0.670. The van der Waals surface area contributed by atoms with Gasteiger partial charge in [-0.05, 0) is 49.9 Å². The summed E-state index contributed by atoms with van der Waals surface area (Å²) in [6, 6.07) is 9.13. The zero-order valence-electron chi connectivity index (χ0n) is 22.6. The molecule has 0 radical (unpaired) electrons. The smallest absolute Gasteiger partial charge is 0.129 e. The van der Waals surface area contributed by atoms with Gasteiger partial charge in [0.25, 0.3) is 0 Å². The van der Waals surface area contributed by atoms with E-state index >= 15 is 0 Å². The van der Waals surface area contributed by atoms with Crippen molar-refractivity contribution >= 4 is 72.2 Å². The molecule has 0 atom stereocenters. The Labute approximate surface area is 236 Å². The molecule has 0 fully saturated rings. The molecule has 0 aromatic carbocycles. The maximum absolute atomic E-state index is 5.39. The maximum Gasteiger partial charge on any atom is 0.129 e. The molecule has 0 aliphatic heterocycles. The Hall–Kier alpha value is -1.34. The van der Waals surface area contributed by atoms with Crippen molar-refractivity contribution in [3.63, 3.8) is 0 Å². The SMILES string of the molecule is C#Cc1cc2sc(CCCCCC)cc2s1.CCCCCCc1cc2sc(C#C[Si](C)(C)C)cc2s1. The predicted octanol–water partition coefficient (Wildman–Crippen LogP) is 11.4. The summed E-state index contributed by atoms with van der Waals surface area (Å²) in [4.78, 5) is 5.36. The van der Waals surface area contributed by atoms with E-state index in [1.807, 2.05) is 34.0 Å². The second-order valence-electron chi connectivity index (χ2n) is 10.4. The number of hydrogen-bond donors (Lipinski definition) is 0. The number of rotatable bonds is 10. The molecule has 0 aliphatic carbocycles. The van der Waals surface area contributed by atoms with Gasteiger partial charge in [-0.25, -0.2) is 0 Å². The molecule has 0 nitrogen and oxygen atoms in total. The van der Waals surface area contributed by atoms with Gasteiger partial charge in [-0.2, -0.15) is 0 Å². The van der Waals surface area contributed by atoms with E-state index in [2.05, 4.69) is 75.1 Å². The Morgan fingerprint density at radius 3 is 1.56 bits per heavy atom. The zero-order chi connectivity index (χ0) is 26.0. The van der Waals surface area contributed by atoms with Crippen LogP contribution in [0.25, 0.3) is 18.8 Å². The summed E-state index contributed by atoms with van der Waals surface area (Å²) in [5.74, 6) is 6.08. The highest BCUT2D eigenvalue weighted by atomic mass is 32.1. The van der Waals surface area contributed by atoms with E-state index in [0.717, 1.165) is 4.88 Å². The fraction of sp³-hybridized carbons (Fsp3) is 0.484. The predicted molar refractivity (Wildman–Crippen MR) is 173 cm³/mol. The molecule has 36 heavy (non-hydrogen) atoms. The number of aryl methyl sites for hydroxylation is 2.